The molecule has 0 spiro atoms. The summed E-state index contributed by atoms with van der Waals surface area (Å²) >= 11 is 4.83. The highest BCUT2D eigenvalue weighted by Gasteiger charge is 2.11. The van der Waals surface area contributed by atoms with E-state index < -0.39 is 0 Å². The lowest BCUT2D eigenvalue weighted by atomic mass is 10.1. The summed E-state index contributed by atoms with van der Waals surface area (Å²) in [5.74, 6) is 0.326. The Morgan fingerprint density at radius 2 is 2.04 bits per heavy atom. The Morgan fingerprint density at radius 1 is 1.29 bits per heavy atom. The number of aromatic amines is 1. The van der Waals surface area contributed by atoms with Gasteiger partial charge in [0.2, 0.25) is 5.91 Å². The van der Waals surface area contributed by atoms with Crippen LogP contribution in [-0.2, 0) is 4.79 Å². The van der Waals surface area contributed by atoms with Gasteiger partial charge in [0, 0.05) is 4.47 Å². The monoisotopic (exact) mass is 403 g/mol. The van der Waals surface area contributed by atoms with Gasteiger partial charge in [-0.3, -0.25) is 4.79 Å². The van der Waals surface area contributed by atoms with Gasteiger partial charge in [0.25, 0.3) is 0 Å². The van der Waals surface area contributed by atoms with E-state index in [1.807, 2.05) is 50.2 Å². The third kappa shape index (κ3) is 4.19. The smallest absolute Gasteiger partial charge is 0.230 e. The molecular formula is C18H18BrN3OS. The zero-order valence-electron chi connectivity index (χ0n) is 13.5. The molecule has 6 heteroatoms. The predicted octanol–water partition coefficient (Wildman–Crippen LogP) is 4.60. The molecule has 0 fully saturated rings. The molecule has 0 aliphatic rings. The number of carbonyl (C=O) groups is 1. The van der Waals surface area contributed by atoms with Crippen LogP contribution in [0.1, 0.15) is 24.1 Å². The van der Waals surface area contributed by atoms with E-state index in [2.05, 4.69) is 37.3 Å². The average molecular weight is 404 g/mol. The van der Waals surface area contributed by atoms with Crippen LogP contribution in [0.3, 0.4) is 0 Å². The molecule has 3 rings (SSSR count). The molecule has 2 N–H and O–H groups in total. The molecule has 1 amide bonds. The van der Waals surface area contributed by atoms with Crippen molar-refractivity contribution in [1.82, 2.24) is 15.3 Å². The summed E-state index contributed by atoms with van der Waals surface area (Å²) in [6.07, 6.45) is 0. The van der Waals surface area contributed by atoms with Gasteiger partial charge in [0.15, 0.2) is 5.16 Å². The maximum Gasteiger partial charge on any atom is 0.230 e. The Balaban J connectivity index is 1.57. The Hall–Kier alpha value is -1.79. The van der Waals surface area contributed by atoms with Crippen LogP contribution >= 0.6 is 27.7 Å². The molecule has 0 saturated heterocycles. The number of rotatable bonds is 5. The van der Waals surface area contributed by atoms with Crippen LogP contribution < -0.4 is 5.32 Å². The van der Waals surface area contributed by atoms with Crippen molar-refractivity contribution in [2.24, 2.45) is 0 Å². The summed E-state index contributed by atoms with van der Waals surface area (Å²) in [6, 6.07) is 14.0. The number of H-pyrrole nitrogens is 1. The first-order valence-electron chi connectivity index (χ1n) is 7.65. The molecule has 0 aliphatic heterocycles. The molecule has 1 aromatic heterocycles. The molecule has 0 bridgehead atoms. The molecular weight excluding hydrogens is 386 g/mol. The highest BCUT2D eigenvalue weighted by Crippen LogP contribution is 2.21. The summed E-state index contributed by atoms with van der Waals surface area (Å²) in [7, 11) is 0. The molecule has 0 saturated carbocycles. The quantitative estimate of drug-likeness (QED) is 0.611. The van der Waals surface area contributed by atoms with Crippen LogP contribution in [0.5, 0.6) is 0 Å². The molecule has 124 valence electrons. The fraction of sp³-hybridized carbons (Fsp3) is 0.222. The lowest BCUT2D eigenvalue weighted by Crippen LogP contribution is -2.28. The van der Waals surface area contributed by atoms with Gasteiger partial charge in [0.1, 0.15) is 0 Å². The number of imidazole rings is 1. The van der Waals surface area contributed by atoms with Gasteiger partial charge in [-0.25, -0.2) is 4.98 Å². The van der Waals surface area contributed by atoms with Crippen molar-refractivity contribution in [1.29, 1.82) is 0 Å². The van der Waals surface area contributed by atoms with Gasteiger partial charge in [0.05, 0.1) is 22.8 Å². The van der Waals surface area contributed by atoms with E-state index in [9.17, 15) is 4.79 Å². The minimum absolute atomic E-state index is 0.00736. The zero-order chi connectivity index (χ0) is 17.1. The van der Waals surface area contributed by atoms with Crippen molar-refractivity contribution in [2.45, 2.75) is 25.0 Å². The number of carbonyl (C=O) groups excluding carboxylic acids is 1. The second-order valence-electron chi connectivity index (χ2n) is 5.69. The van der Waals surface area contributed by atoms with Crippen LogP contribution in [0.4, 0.5) is 0 Å². The average Bonchev–Trinajstić information content (AvgIpc) is 2.95. The Labute approximate surface area is 153 Å². The molecule has 0 aliphatic carbocycles. The highest BCUT2D eigenvalue weighted by molar-refractivity contribution is 9.10. The number of fused-ring (bicyclic) bond motifs is 1. The number of amides is 1. The lowest BCUT2D eigenvalue weighted by molar-refractivity contribution is -0.119. The van der Waals surface area contributed by atoms with Crippen molar-refractivity contribution in [3.05, 3.63) is 58.1 Å². The van der Waals surface area contributed by atoms with Crippen LogP contribution in [0.2, 0.25) is 0 Å². The first kappa shape index (κ1) is 17.0. The zero-order valence-corrected chi connectivity index (χ0v) is 15.9. The number of thioether (sulfide) groups is 1. The maximum absolute atomic E-state index is 12.2. The summed E-state index contributed by atoms with van der Waals surface area (Å²) in [6.45, 7) is 4.03. The first-order valence-corrected chi connectivity index (χ1v) is 9.43. The van der Waals surface area contributed by atoms with E-state index >= 15 is 0 Å². The third-order valence-electron chi connectivity index (χ3n) is 3.70. The Morgan fingerprint density at radius 3 is 2.79 bits per heavy atom. The van der Waals surface area contributed by atoms with Crippen molar-refractivity contribution in [3.63, 3.8) is 0 Å². The van der Waals surface area contributed by atoms with E-state index in [0.29, 0.717) is 5.75 Å². The van der Waals surface area contributed by atoms with Crippen LogP contribution in [0.15, 0.2) is 52.1 Å². The van der Waals surface area contributed by atoms with E-state index in [1.54, 1.807) is 0 Å². The van der Waals surface area contributed by atoms with E-state index in [0.717, 1.165) is 26.2 Å². The lowest BCUT2D eigenvalue weighted by Gasteiger charge is -2.14. The topological polar surface area (TPSA) is 57.8 Å². The van der Waals surface area contributed by atoms with Crippen molar-refractivity contribution in [2.75, 3.05) is 5.75 Å². The van der Waals surface area contributed by atoms with E-state index in [1.165, 1.54) is 17.3 Å². The van der Waals surface area contributed by atoms with E-state index in [-0.39, 0.29) is 11.9 Å². The highest BCUT2D eigenvalue weighted by atomic mass is 79.9. The van der Waals surface area contributed by atoms with Gasteiger partial charge in [-0.15, -0.1) is 0 Å². The number of aromatic nitrogens is 2. The molecule has 1 heterocycles. The second kappa shape index (κ2) is 7.40. The standard InChI is InChI=1S/C18H18BrN3OS/c1-11-3-8-15-16(9-11)22-18(21-15)24-10-17(23)20-12(2)13-4-6-14(19)7-5-13/h3-9,12H,10H2,1-2H3,(H,20,23)(H,21,22)/t12-/m0/s1. The molecule has 3 aromatic rings. The molecule has 1 atom stereocenters. The van der Waals surface area contributed by atoms with Crippen molar-refractivity contribution >= 4 is 44.6 Å². The minimum atomic E-state index is -0.0236. The van der Waals surface area contributed by atoms with Crippen molar-refractivity contribution < 1.29 is 4.79 Å². The maximum atomic E-state index is 12.2. The van der Waals surface area contributed by atoms with Gasteiger partial charge in [-0.05, 0) is 49.2 Å². The van der Waals surface area contributed by atoms with Crippen LogP contribution in [0.25, 0.3) is 11.0 Å². The fourth-order valence-corrected chi connectivity index (χ4v) is 3.38. The number of hydrogen-bond donors (Lipinski definition) is 2. The number of halogens is 1. The summed E-state index contributed by atoms with van der Waals surface area (Å²) in [5, 5.41) is 3.78. The summed E-state index contributed by atoms with van der Waals surface area (Å²) in [5.41, 5.74) is 4.19. The number of benzene rings is 2. The molecule has 24 heavy (non-hydrogen) atoms. The minimum Gasteiger partial charge on any atom is -0.349 e. The molecule has 4 nitrogen and oxygen atoms in total. The number of nitrogens with one attached hydrogen (secondary N) is 2. The van der Waals surface area contributed by atoms with Crippen molar-refractivity contribution in [3.8, 4) is 0 Å². The Kier molecular flexibility index (Phi) is 5.26. The molecule has 2 aromatic carbocycles. The largest absolute Gasteiger partial charge is 0.349 e. The predicted molar refractivity (Wildman–Crippen MR) is 102 cm³/mol. The molecule has 0 unspecified atom stereocenters. The molecule has 0 radical (unpaired) electrons. The summed E-state index contributed by atoms with van der Waals surface area (Å²) in [4.78, 5) is 19.9. The Bertz CT molecular complexity index is 860. The van der Waals surface area contributed by atoms with Gasteiger partial charge >= 0.3 is 0 Å². The summed E-state index contributed by atoms with van der Waals surface area (Å²) < 4.78 is 1.03. The number of aryl methyl sites for hydroxylation is 1. The normalized spacial score (nSPS) is 12.3. The van der Waals surface area contributed by atoms with Crippen LogP contribution in [-0.4, -0.2) is 21.6 Å². The fourth-order valence-electron chi connectivity index (χ4n) is 2.42. The van der Waals surface area contributed by atoms with E-state index in [4.69, 9.17) is 0 Å². The third-order valence-corrected chi connectivity index (χ3v) is 5.11. The SMILES string of the molecule is Cc1ccc2nc(SCC(=O)N[C@@H](C)c3ccc(Br)cc3)[nH]c2c1. The van der Waals surface area contributed by atoms with Crippen LogP contribution in [0, 0.1) is 6.92 Å². The number of nitrogens with zero attached hydrogens (tertiary/aromatic N) is 1. The second-order valence-corrected chi connectivity index (χ2v) is 7.57. The van der Waals surface area contributed by atoms with Gasteiger partial charge in [-0.1, -0.05) is 45.9 Å². The van der Waals surface area contributed by atoms with Gasteiger partial charge in [-0.2, -0.15) is 0 Å². The van der Waals surface area contributed by atoms with Gasteiger partial charge < -0.3 is 10.3 Å². The first-order chi connectivity index (χ1) is 11.5. The number of hydrogen-bond acceptors (Lipinski definition) is 3.